The molecule has 4 aromatic rings. The molecular formula is C31H34N2O4. The predicted octanol–water partition coefficient (Wildman–Crippen LogP) is 7.54. The second-order valence-corrected chi connectivity index (χ2v) is 9.15. The van der Waals surface area contributed by atoms with Crippen molar-refractivity contribution in [1.29, 1.82) is 0 Å². The molecule has 0 fully saturated rings. The number of unbranched alkanes of at least 4 members (excludes halogenated alkanes) is 4. The van der Waals surface area contributed by atoms with Crippen molar-refractivity contribution < 1.29 is 19.9 Å². The van der Waals surface area contributed by atoms with Gasteiger partial charge < -0.3 is 19.9 Å². The zero-order chi connectivity index (χ0) is 26.0. The first kappa shape index (κ1) is 26.0. The Morgan fingerprint density at radius 2 is 0.973 bits per heavy atom. The normalized spacial score (nSPS) is 12.3. The molecule has 0 aliphatic rings. The van der Waals surface area contributed by atoms with Gasteiger partial charge in [-0.05, 0) is 62.4 Å². The highest BCUT2D eigenvalue weighted by Crippen LogP contribution is 2.30. The fourth-order valence-electron chi connectivity index (χ4n) is 4.34. The number of rotatable bonds is 12. The summed E-state index contributed by atoms with van der Waals surface area (Å²) in [6.07, 6.45) is 5.00. The van der Waals surface area contributed by atoms with Gasteiger partial charge in [-0.3, -0.25) is 0 Å². The van der Waals surface area contributed by atoms with Gasteiger partial charge in [-0.2, -0.15) is 0 Å². The standard InChI is InChI=1S/C31H34N2O4/c1-22(26-18-16-24-12-6-8-14-28(24)30(26)34)32-36-20-10-4-3-5-11-21-37-33-23(2)27-19-17-25-13-7-9-15-29(25)31(27)35/h6-9,12-19,34-35H,3-5,10-11,20-21H2,1-2H3/b32-22+,33-23+. The molecule has 0 aliphatic heterocycles. The lowest BCUT2D eigenvalue weighted by molar-refractivity contribution is 0.134. The minimum atomic E-state index is 0.235. The second-order valence-electron chi connectivity index (χ2n) is 9.15. The smallest absolute Gasteiger partial charge is 0.132 e. The monoisotopic (exact) mass is 498 g/mol. The molecule has 4 rings (SSSR count). The van der Waals surface area contributed by atoms with Gasteiger partial charge in [0.25, 0.3) is 0 Å². The fourth-order valence-corrected chi connectivity index (χ4v) is 4.34. The van der Waals surface area contributed by atoms with E-state index in [-0.39, 0.29) is 11.5 Å². The summed E-state index contributed by atoms with van der Waals surface area (Å²) >= 11 is 0. The lowest BCUT2D eigenvalue weighted by Crippen LogP contribution is -1.99. The lowest BCUT2D eigenvalue weighted by atomic mass is 10.0. The van der Waals surface area contributed by atoms with E-state index in [9.17, 15) is 10.2 Å². The van der Waals surface area contributed by atoms with Crippen LogP contribution in [0.2, 0.25) is 0 Å². The molecule has 0 saturated carbocycles. The van der Waals surface area contributed by atoms with Crippen LogP contribution in [-0.2, 0) is 9.68 Å². The average molecular weight is 499 g/mol. The maximum absolute atomic E-state index is 10.6. The molecule has 4 aromatic carbocycles. The molecule has 0 atom stereocenters. The van der Waals surface area contributed by atoms with Crippen LogP contribution in [0, 0.1) is 0 Å². The molecule has 0 aliphatic carbocycles. The van der Waals surface area contributed by atoms with Gasteiger partial charge in [-0.1, -0.05) is 77.4 Å². The van der Waals surface area contributed by atoms with Gasteiger partial charge in [-0.25, -0.2) is 0 Å². The van der Waals surface area contributed by atoms with Crippen LogP contribution in [0.15, 0.2) is 83.1 Å². The summed E-state index contributed by atoms with van der Waals surface area (Å²) in [5.74, 6) is 0.470. The molecule has 0 amide bonds. The first-order valence-corrected chi connectivity index (χ1v) is 12.8. The Balaban J connectivity index is 1.11. The van der Waals surface area contributed by atoms with Gasteiger partial charge in [0.1, 0.15) is 24.7 Å². The molecule has 37 heavy (non-hydrogen) atoms. The topological polar surface area (TPSA) is 83.6 Å². The van der Waals surface area contributed by atoms with Crippen molar-refractivity contribution in [2.75, 3.05) is 13.2 Å². The Morgan fingerprint density at radius 1 is 0.568 bits per heavy atom. The van der Waals surface area contributed by atoms with E-state index in [1.165, 1.54) is 0 Å². The Bertz CT molecular complexity index is 1300. The van der Waals surface area contributed by atoms with E-state index in [1.807, 2.05) is 86.6 Å². The third kappa shape index (κ3) is 6.58. The number of phenolic OH excluding ortho intramolecular Hbond substituents is 2. The van der Waals surface area contributed by atoms with Crippen molar-refractivity contribution in [2.45, 2.75) is 46.0 Å². The summed E-state index contributed by atoms with van der Waals surface area (Å²) in [5, 5.41) is 33.1. The highest BCUT2D eigenvalue weighted by Gasteiger charge is 2.10. The molecule has 6 nitrogen and oxygen atoms in total. The summed E-state index contributed by atoms with van der Waals surface area (Å²) in [6.45, 7) is 4.77. The van der Waals surface area contributed by atoms with E-state index < -0.39 is 0 Å². The van der Waals surface area contributed by atoms with E-state index in [4.69, 9.17) is 9.68 Å². The number of nitrogens with zero attached hydrogens (tertiary/aromatic N) is 2. The number of oxime groups is 2. The zero-order valence-corrected chi connectivity index (χ0v) is 21.5. The highest BCUT2D eigenvalue weighted by molar-refractivity contribution is 6.06. The van der Waals surface area contributed by atoms with Crippen molar-refractivity contribution in [3.8, 4) is 11.5 Å². The molecule has 0 heterocycles. The summed E-state index contributed by atoms with van der Waals surface area (Å²) in [4.78, 5) is 11.0. The third-order valence-corrected chi connectivity index (χ3v) is 6.45. The van der Waals surface area contributed by atoms with Crippen LogP contribution in [-0.4, -0.2) is 34.9 Å². The lowest BCUT2D eigenvalue weighted by Gasteiger charge is -2.08. The van der Waals surface area contributed by atoms with Crippen molar-refractivity contribution in [1.82, 2.24) is 0 Å². The van der Waals surface area contributed by atoms with Crippen LogP contribution in [0.4, 0.5) is 0 Å². The van der Waals surface area contributed by atoms with Crippen LogP contribution < -0.4 is 0 Å². The maximum Gasteiger partial charge on any atom is 0.132 e. The van der Waals surface area contributed by atoms with Crippen molar-refractivity contribution in [3.63, 3.8) is 0 Å². The van der Waals surface area contributed by atoms with Crippen molar-refractivity contribution in [2.24, 2.45) is 10.3 Å². The number of hydrogen-bond donors (Lipinski definition) is 2. The Labute approximate surface area is 217 Å². The molecule has 192 valence electrons. The number of benzene rings is 4. The molecule has 0 saturated heterocycles. The van der Waals surface area contributed by atoms with Crippen LogP contribution >= 0.6 is 0 Å². The minimum absolute atomic E-state index is 0.235. The first-order valence-electron chi connectivity index (χ1n) is 12.8. The molecule has 0 radical (unpaired) electrons. The summed E-state index contributed by atoms with van der Waals surface area (Å²) in [7, 11) is 0. The molecule has 6 heteroatoms. The van der Waals surface area contributed by atoms with Gasteiger partial charge in [0.2, 0.25) is 0 Å². The van der Waals surface area contributed by atoms with Crippen molar-refractivity contribution in [3.05, 3.63) is 83.9 Å². The number of aromatic hydroxyl groups is 2. The number of fused-ring (bicyclic) bond motifs is 2. The quantitative estimate of drug-likeness (QED) is 0.120. The van der Waals surface area contributed by atoms with Crippen molar-refractivity contribution >= 4 is 33.0 Å². The number of phenols is 2. The molecule has 0 aromatic heterocycles. The molecule has 2 N–H and O–H groups in total. The van der Waals surface area contributed by atoms with Gasteiger partial charge >= 0.3 is 0 Å². The van der Waals surface area contributed by atoms with E-state index in [1.54, 1.807) is 0 Å². The maximum atomic E-state index is 10.6. The summed E-state index contributed by atoms with van der Waals surface area (Å²) in [5.41, 5.74) is 2.70. The van der Waals surface area contributed by atoms with Gasteiger partial charge in [-0.15, -0.1) is 0 Å². The summed E-state index contributed by atoms with van der Waals surface area (Å²) in [6, 6.07) is 23.2. The largest absolute Gasteiger partial charge is 0.507 e. The fraction of sp³-hybridized carbons (Fsp3) is 0.290. The Kier molecular flexibility index (Phi) is 8.98. The van der Waals surface area contributed by atoms with Gasteiger partial charge in [0, 0.05) is 21.9 Å². The van der Waals surface area contributed by atoms with E-state index in [0.717, 1.165) is 53.6 Å². The van der Waals surface area contributed by atoms with E-state index in [2.05, 4.69) is 10.3 Å². The Morgan fingerprint density at radius 3 is 1.43 bits per heavy atom. The van der Waals surface area contributed by atoms with Crippen LogP contribution in [0.5, 0.6) is 11.5 Å². The van der Waals surface area contributed by atoms with E-state index >= 15 is 0 Å². The molecule has 0 bridgehead atoms. The second kappa shape index (κ2) is 12.8. The Hall–Kier alpha value is -4.06. The number of hydrogen-bond acceptors (Lipinski definition) is 6. The SMILES string of the molecule is C/C(=N\OCCCCCCCO/N=C(\C)c1ccc2ccccc2c1O)c1ccc2ccccc2c1O. The molecular weight excluding hydrogens is 464 g/mol. The molecule has 0 spiro atoms. The molecule has 0 unspecified atom stereocenters. The zero-order valence-electron chi connectivity index (χ0n) is 21.5. The first-order chi connectivity index (χ1) is 18.1. The average Bonchev–Trinajstić information content (AvgIpc) is 2.92. The minimum Gasteiger partial charge on any atom is -0.507 e. The third-order valence-electron chi connectivity index (χ3n) is 6.45. The van der Waals surface area contributed by atoms with E-state index in [0.29, 0.717) is 35.8 Å². The van der Waals surface area contributed by atoms with Crippen LogP contribution in [0.1, 0.15) is 57.1 Å². The predicted molar refractivity (Wildman–Crippen MR) is 151 cm³/mol. The van der Waals surface area contributed by atoms with Gasteiger partial charge in [0.15, 0.2) is 0 Å². The van der Waals surface area contributed by atoms with Gasteiger partial charge in [0.05, 0.1) is 11.4 Å². The van der Waals surface area contributed by atoms with Crippen LogP contribution in [0.25, 0.3) is 21.5 Å². The highest BCUT2D eigenvalue weighted by atomic mass is 16.6. The summed E-state index contributed by atoms with van der Waals surface area (Å²) < 4.78 is 0. The van der Waals surface area contributed by atoms with Crippen LogP contribution in [0.3, 0.4) is 0 Å².